The summed E-state index contributed by atoms with van der Waals surface area (Å²) in [4.78, 5) is 12.6. The predicted octanol–water partition coefficient (Wildman–Crippen LogP) is 4.28. The third-order valence-corrected chi connectivity index (χ3v) is 4.50. The first-order valence-corrected chi connectivity index (χ1v) is 8.32. The molecule has 1 N–H and O–H groups in total. The summed E-state index contributed by atoms with van der Waals surface area (Å²) in [6.07, 6.45) is 5.53. The van der Waals surface area contributed by atoms with Crippen LogP contribution in [0.4, 0.5) is 0 Å². The van der Waals surface area contributed by atoms with Crippen molar-refractivity contribution in [2.24, 2.45) is 11.0 Å². The predicted molar refractivity (Wildman–Crippen MR) is 97.8 cm³/mol. The van der Waals surface area contributed by atoms with E-state index in [9.17, 15) is 4.79 Å². The molecular formula is C21H22N2O. The molecule has 1 aliphatic rings. The molecule has 3 heteroatoms. The summed E-state index contributed by atoms with van der Waals surface area (Å²) in [6, 6.07) is 20.0. The maximum Gasteiger partial charge on any atom is 0.244 e. The van der Waals surface area contributed by atoms with Crippen LogP contribution in [0.3, 0.4) is 0 Å². The van der Waals surface area contributed by atoms with E-state index in [0.717, 1.165) is 18.4 Å². The largest absolute Gasteiger partial charge is 0.273 e. The van der Waals surface area contributed by atoms with E-state index in [1.807, 2.05) is 48.5 Å². The second-order valence-electron chi connectivity index (χ2n) is 6.26. The minimum atomic E-state index is -0.0796. The van der Waals surface area contributed by atoms with Crippen molar-refractivity contribution in [3.63, 3.8) is 0 Å². The van der Waals surface area contributed by atoms with Crippen LogP contribution in [0.2, 0.25) is 0 Å². The fourth-order valence-corrected chi connectivity index (χ4v) is 3.20. The summed E-state index contributed by atoms with van der Waals surface area (Å²) in [5.74, 6) is 0.118. The smallest absolute Gasteiger partial charge is 0.244 e. The van der Waals surface area contributed by atoms with E-state index in [-0.39, 0.29) is 17.7 Å². The highest BCUT2D eigenvalue weighted by Gasteiger charge is 2.31. The molecule has 0 saturated carbocycles. The van der Waals surface area contributed by atoms with Crippen LogP contribution in [0.25, 0.3) is 0 Å². The molecule has 0 bridgehead atoms. The monoisotopic (exact) mass is 318 g/mol. The lowest BCUT2D eigenvalue weighted by molar-refractivity contribution is -0.125. The molecule has 2 aromatic rings. The van der Waals surface area contributed by atoms with Gasteiger partial charge in [0.2, 0.25) is 5.91 Å². The van der Waals surface area contributed by atoms with Crippen LogP contribution in [0, 0.1) is 5.92 Å². The second kappa shape index (κ2) is 7.73. The standard InChI is InChI=1S/C21H22N2O/c1-16-12-13-19(20(14-16)18-10-6-3-7-11-18)21(24)23-22-15-17-8-4-2-5-9-17/h2-12,15,19-20H,13-14H2,1H3,(H,23,24). The van der Waals surface area contributed by atoms with Gasteiger partial charge in [0.15, 0.2) is 0 Å². The summed E-state index contributed by atoms with van der Waals surface area (Å²) < 4.78 is 0. The van der Waals surface area contributed by atoms with Crippen molar-refractivity contribution in [3.05, 3.63) is 83.4 Å². The summed E-state index contributed by atoms with van der Waals surface area (Å²) in [5, 5.41) is 4.12. The first-order valence-electron chi connectivity index (χ1n) is 8.32. The lowest BCUT2D eigenvalue weighted by atomic mass is 9.75. The fourth-order valence-electron chi connectivity index (χ4n) is 3.20. The van der Waals surface area contributed by atoms with Gasteiger partial charge in [-0.2, -0.15) is 5.10 Å². The van der Waals surface area contributed by atoms with E-state index in [4.69, 9.17) is 0 Å². The quantitative estimate of drug-likeness (QED) is 0.510. The van der Waals surface area contributed by atoms with Gasteiger partial charge in [0.1, 0.15) is 0 Å². The van der Waals surface area contributed by atoms with E-state index >= 15 is 0 Å². The Morgan fingerprint density at radius 3 is 2.46 bits per heavy atom. The Bertz CT molecular complexity index is 735. The highest BCUT2D eigenvalue weighted by Crippen LogP contribution is 2.37. The van der Waals surface area contributed by atoms with Crippen molar-refractivity contribution >= 4 is 12.1 Å². The van der Waals surface area contributed by atoms with Crippen molar-refractivity contribution in [1.29, 1.82) is 0 Å². The topological polar surface area (TPSA) is 41.5 Å². The lowest BCUT2D eigenvalue weighted by Crippen LogP contribution is -2.32. The highest BCUT2D eigenvalue weighted by molar-refractivity contribution is 5.84. The number of benzene rings is 2. The number of nitrogens with zero attached hydrogens (tertiary/aromatic N) is 1. The average Bonchev–Trinajstić information content (AvgIpc) is 2.63. The number of amides is 1. The summed E-state index contributed by atoms with van der Waals surface area (Å²) in [5.41, 5.74) is 6.25. The van der Waals surface area contributed by atoms with Crippen LogP contribution < -0.4 is 5.43 Å². The summed E-state index contributed by atoms with van der Waals surface area (Å²) in [7, 11) is 0. The van der Waals surface area contributed by atoms with E-state index in [1.165, 1.54) is 11.1 Å². The maximum absolute atomic E-state index is 12.6. The molecule has 0 saturated heterocycles. The molecule has 3 rings (SSSR count). The Morgan fingerprint density at radius 2 is 1.75 bits per heavy atom. The number of hydrazone groups is 1. The molecule has 1 amide bonds. The lowest BCUT2D eigenvalue weighted by Gasteiger charge is -2.29. The third-order valence-electron chi connectivity index (χ3n) is 4.50. The van der Waals surface area contributed by atoms with E-state index in [2.05, 4.69) is 35.7 Å². The van der Waals surface area contributed by atoms with Gasteiger partial charge in [-0.3, -0.25) is 4.79 Å². The Morgan fingerprint density at radius 1 is 1.08 bits per heavy atom. The zero-order valence-corrected chi connectivity index (χ0v) is 13.9. The van der Waals surface area contributed by atoms with Crippen LogP contribution in [0.5, 0.6) is 0 Å². The fraction of sp³-hybridized carbons (Fsp3) is 0.238. The van der Waals surface area contributed by atoms with Crippen molar-refractivity contribution in [2.75, 3.05) is 0 Å². The van der Waals surface area contributed by atoms with Crippen LogP contribution >= 0.6 is 0 Å². The summed E-state index contributed by atoms with van der Waals surface area (Å²) in [6.45, 7) is 2.14. The van der Waals surface area contributed by atoms with Crippen LogP contribution in [-0.2, 0) is 4.79 Å². The number of hydrogen-bond acceptors (Lipinski definition) is 2. The summed E-state index contributed by atoms with van der Waals surface area (Å²) >= 11 is 0. The van der Waals surface area contributed by atoms with Crippen LogP contribution in [0.1, 0.15) is 36.8 Å². The number of rotatable bonds is 4. The van der Waals surface area contributed by atoms with Crippen LogP contribution in [0.15, 0.2) is 77.4 Å². The van der Waals surface area contributed by atoms with E-state index in [0.29, 0.717) is 0 Å². The first kappa shape index (κ1) is 16.2. The molecule has 3 nitrogen and oxygen atoms in total. The molecular weight excluding hydrogens is 296 g/mol. The molecule has 1 aliphatic carbocycles. The highest BCUT2D eigenvalue weighted by atomic mass is 16.2. The number of hydrogen-bond donors (Lipinski definition) is 1. The minimum absolute atomic E-state index is 0.0141. The minimum Gasteiger partial charge on any atom is -0.273 e. The number of allylic oxidation sites excluding steroid dienone is 2. The van der Waals surface area contributed by atoms with Crippen molar-refractivity contribution in [2.45, 2.75) is 25.7 Å². The van der Waals surface area contributed by atoms with E-state index in [1.54, 1.807) is 6.21 Å². The number of carbonyl (C=O) groups is 1. The van der Waals surface area contributed by atoms with Crippen molar-refractivity contribution < 1.29 is 4.79 Å². The maximum atomic E-state index is 12.6. The zero-order valence-electron chi connectivity index (χ0n) is 13.9. The van der Waals surface area contributed by atoms with Gasteiger partial charge < -0.3 is 0 Å². The van der Waals surface area contributed by atoms with Gasteiger partial charge in [-0.1, -0.05) is 72.3 Å². The molecule has 0 radical (unpaired) electrons. The van der Waals surface area contributed by atoms with Gasteiger partial charge in [0.25, 0.3) is 0 Å². The van der Waals surface area contributed by atoms with Gasteiger partial charge >= 0.3 is 0 Å². The molecule has 2 unspecified atom stereocenters. The molecule has 24 heavy (non-hydrogen) atoms. The average molecular weight is 318 g/mol. The zero-order chi connectivity index (χ0) is 16.8. The normalized spacial score (nSPS) is 20.6. The van der Waals surface area contributed by atoms with Gasteiger partial charge in [-0.25, -0.2) is 5.43 Å². The molecule has 0 fully saturated rings. The SMILES string of the molecule is CC1=CCC(C(=O)NN=Cc2ccccc2)C(c2ccccc2)C1. The molecule has 2 aromatic carbocycles. The molecule has 0 aliphatic heterocycles. The Hall–Kier alpha value is -2.68. The third kappa shape index (κ3) is 3.99. The Kier molecular flexibility index (Phi) is 5.22. The number of nitrogens with one attached hydrogen (secondary N) is 1. The Balaban J connectivity index is 1.71. The van der Waals surface area contributed by atoms with Crippen molar-refractivity contribution in [3.8, 4) is 0 Å². The van der Waals surface area contributed by atoms with Gasteiger partial charge in [0, 0.05) is 0 Å². The van der Waals surface area contributed by atoms with Gasteiger partial charge in [-0.15, -0.1) is 0 Å². The molecule has 0 aromatic heterocycles. The molecule has 122 valence electrons. The molecule has 0 heterocycles. The second-order valence-corrected chi connectivity index (χ2v) is 6.26. The van der Waals surface area contributed by atoms with Gasteiger partial charge in [-0.05, 0) is 36.8 Å². The van der Waals surface area contributed by atoms with E-state index < -0.39 is 0 Å². The first-order chi connectivity index (χ1) is 11.7. The van der Waals surface area contributed by atoms with Crippen molar-refractivity contribution in [1.82, 2.24) is 5.43 Å². The Labute approximate surface area is 143 Å². The van der Waals surface area contributed by atoms with Gasteiger partial charge in [0.05, 0.1) is 12.1 Å². The molecule has 0 spiro atoms. The number of carbonyl (C=O) groups excluding carboxylic acids is 1. The van der Waals surface area contributed by atoms with Crippen LogP contribution in [-0.4, -0.2) is 12.1 Å². The molecule has 2 atom stereocenters.